The molecule has 1 atom stereocenters. The zero-order valence-electron chi connectivity index (χ0n) is 17.0. The van der Waals surface area contributed by atoms with Crippen molar-refractivity contribution >= 4 is 23.6 Å². The van der Waals surface area contributed by atoms with E-state index in [1.165, 1.54) is 11.8 Å². The van der Waals surface area contributed by atoms with E-state index in [1.54, 1.807) is 7.11 Å². The normalized spacial score (nSPS) is 18.9. The number of piperidine rings is 1. The van der Waals surface area contributed by atoms with Gasteiger partial charge in [0.25, 0.3) is 0 Å². The number of hydrogen-bond donors (Lipinski definition) is 1. The predicted molar refractivity (Wildman–Crippen MR) is 116 cm³/mol. The predicted octanol–water partition coefficient (Wildman–Crippen LogP) is 3.73. The fourth-order valence-corrected chi connectivity index (χ4v) is 4.39. The number of methoxy groups -OCH3 is 1. The number of thioether (sulfide) groups is 1. The second kappa shape index (κ2) is 9.83. The van der Waals surface area contributed by atoms with Crippen LogP contribution in [0.5, 0.6) is 5.75 Å². The van der Waals surface area contributed by atoms with Crippen molar-refractivity contribution in [1.29, 1.82) is 0 Å². The number of likely N-dealkylation sites (tertiary alicyclic amines) is 1. The van der Waals surface area contributed by atoms with Gasteiger partial charge in [-0.25, -0.2) is 0 Å². The summed E-state index contributed by atoms with van der Waals surface area (Å²) in [6.45, 7) is 3.58. The fourth-order valence-electron chi connectivity index (χ4n) is 3.57. The maximum atomic E-state index is 12.9. The van der Waals surface area contributed by atoms with Crippen molar-refractivity contribution in [2.45, 2.75) is 31.2 Å². The third-order valence-corrected chi connectivity index (χ3v) is 6.29. The Hall–Kier alpha value is -2.47. The molecule has 1 fully saturated rings. The Labute approximate surface area is 176 Å². The lowest BCUT2D eigenvalue weighted by atomic mass is 9.81. The van der Waals surface area contributed by atoms with Crippen LogP contribution in [0.2, 0.25) is 0 Å². The van der Waals surface area contributed by atoms with Crippen LogP contribution in [0.15, 0.2) is 59.5 Å². The Balaban J connectivity index is 1.54. The average Bonchev–Trinajstić information content (AvgIpc) is 2.76. The van der Waals surface area contributed by atoms with Crippen molar-refractivity contribution in [3.63, 3.8) is 0 Å². The highest BCUT2D eigenvalue weighted by Gasteiger charge is 2.39. The molecule has 2 aromatic carbocycles. The van der Waals surface area contributed by atoms with Crippen LogP contribution in [-0.4, -0.2) is 42.7 Å². The molecule has 0 spiro atoms. The molecule has 0 aromatic heterocycles. The summed E-state index contributed by atoms with van der Waals surface area (Å²) in [6.07, 6.45) is 1.62. The summed E-state index contributed by atoms with van der Waals surface area (Å²) in [7, 11) is 1.63. The van der Waals surface area contributed by atoms with Gasteiger partial charge in [0.15, 0.2) is 0 Å². The van der Waals surface area contributed by atoms with Gasteiger partial charge in [0.1, 0.15) is 5.75 Å². The summed E-state index contributed by atoms with van der Waals surface area (Å²) in [5.74, 6) is 1.25. The van der Waals surface area contributed by atoms with Crippen LogP contribution < -0.4 is 10.1 Å². The van der Waals surface area contributed by atoms with Gasteiger partial charge >= 0.3 is 0 Å². The molecule has 1 N–H and O–H groups in total. The van der Waals surface area contributed by atoms with E-state index < -0.39 is 5.41 Å². The second-order valence-corrected chi connectivity index (χ2v) is 8.66. The molecule has 0 aliphatic carbocycles. The number of ether oxygens (including phenoxy) is 1. The van der Waals surface area contributed by atoms with Crippen molar-refractivity contribution in [2.75, 3.05) is 26.0 Å². The van der Waals surface area contributed by atoms with Gasteiger partial charge < -0.3 is 15.0 Å². The summed E-state index contributed by atoms with van der Waals surface area (Å²) in [5.41, 5.74) is 0.425. The molecule has 154 valence electrons. The molecule has 2 amide bonds. The Morgan fingerprint density at radius 1 is 1.17 bits per heavy atom. The van der Waals surface area contributed by atoms with E-state index in [4.69, 9.17) is 4.74 Å². The maximum absolute atomic E-state index is 12.9. The molecule has 1 saturated heterocycles. The third-order valence-electron chi connectivity index (χ3n) is 5.29. The van der Waals surface area contributed by atoms with Crippen molar-refractivity contribution < 1.29 is 14.3 Å². The number of amides is 2. The zero-order valence-corrected chi connectivity index (χ0v) is 17.8. The molecule has 0 unspecified atom stereocenters. The van der Waals surface area contributed by atoms with Crippen LogP contribution in [0.25, 0.3) is 0 Å². The first-order valence-corrected chi connectivity index (χ1v) is 10.9. The standard InChI is InChI=1S/C23H28N2O3S/c1-23(22(27)24-15-18-8-6-9-19(14-18)28-2)12-7-13-25(17-23)21(26)16-29-20-10-4-3-5-11-20/h3-6,8-11,14H,7,12-13,15-17H2,1-2H3,(H,24,27)/t23-/m1/s1. The Kier molecular flexibility index (Phi) is 7.20. The van der Waals surface area contributed by atoms with Crippen molar-refractivity contribution in [3.8, 4) is 5.75 Å². The van der Waals surface area contributed by atoms with E-state index in [0.29, 0.717) is 25.4 Å². The molecule has 1 heterocycles. The SMILES string of the molecule is COc1cccc(CNC(=O)[C@]2(C)CCCN(C(=O)CSc3ccccc3)C2)c1. The van der Waals surface area contributed by atoms with Crippen LogP contribution in [-0.2, 0) is 16.1 Å². The quantitative estimate of drug-likeness (QED) is 0.704. The molecule has 0 bridgehead atoms. The highest BCUT2D eigenvalue weighted by atomic mass is 32.2. The van der Waals surface area contributed by atoms with E-state index in [2.05, 4.69) is 5.32 Å². The van der Waals surface area contributed by atoms with Crippen LogP contribution in [0.1, 0.15) is 25.3 Å². The lowest BCUT2D eigenvalue weighted by Crippen LogP contribution is -2.52. The minimum atomic E-state index is -0.565. The monoisotopic (exact) mass is 412 g/mol. The zero-order chi connectivity index (χ0) is 20.7. The Morgan fingerprint density at radius 3 is 2.72 bits per heavy atom. The van der Waals surface area contributed by atoms with E-state index >= 15 is 0 Å². The lowest BCUT2D eigenvalue weighted by Gasteiger charge is -2.39. The van der Waals surface area contributed by atoms with Gasteiger partial charge in [-0.3, -0.25) is 9.59 Å². The van der Waals surface area contributed by atoms with Crippen molar-refractivity contribution in [3.05, 3.63) is 60.2 Å². The van der Waals surface area contributed by atoms with E-state index in [-0.39, 0.29) is 11.8 Å². The van der Waals surface area contributed by atoms with Gasteiger partial charge in [0, 0.05) is 24.5 Å². The minimum absolute atomic E-state index is 0.00599. The van der Waals surface area contributed by atoms with Crippen molar-refractivity contribution in [2.24, 2.45) is 5.41 Å². The molecule has 1 aliphatic rings. The number of carbonyl (C=O) groups is 2. The summed E-state index contributed by atoms with van der Waals surface area (Å²) < 4.78 is 5.23. The van der Waals surface area contributed by atoms with Crippen LogP contribution >= 0.6 is 11.8 Å². The number of carbonyl (C=O) groups excluding carboxylic acids is 2. The molecular formula is C23H28N2O3S. The smallest absolute Gasteiger partial charge is 0.232 e. The molecular weight excluding hydrogens is 384 g/mol. The summed E-state index contributed by atoms with van der Waals surface area (Å²) >= 11 is 1.54. The largest absolute Gasteiger partial charge is 0.497 e. The summed E-state index contributed by atoms with van der Waals surface area (Å²) in [4.78, 5) is 28.5. The highest BCUT2D eigenvalue weighted by molar-refractivity contribution is 8.00. The minimum Gasteiger partial charge on any atom is -0.497 e. The maximum Gasteiger partial charge on any atom is 0.232 e. The number of nitrogens with one attached hydrogen (secondary N) is 1. The van der Waals surface area contributed by atoms with Gasteiger partial charge in [-0.1, -0.05) is 30.3 Å². The fraction of sp³-hybridized carbons (Fsp3) is 0.391. The van der Waals surface area contributed by atoms with E-state index in [0.717, 1.165) is 29.1 Å². The van der Waals surface area contributed by atoms with Gasteiger partial charge in [-0.2, -0.15) is 0 Å². The molecule has 0 saturated carbocycles. The molecule has 6 heteroatoms. The number of hydrogen-bond acceptors (Lipinski definition) is 4. The van der Waals surface area contributed by atoms with E-state index in [1.807, 2.05) is 66.4 Å². The van der Waals surface area contributed by atoms with Crippen LogP contribution in [0.4, 0.5) is 0 Å². The number of rotatable bonds is 7. The first-order valence-electron chi connectivity index (χ1n) is 9.87. The number of nitrogens with zero attached hydrogens (tertiary/aromatic N) is 1. The first-order chi connectivity index (χ1) is 14.0. The van der Waals surface area contributed by atoms with Crippen LogP contribution in [0.3, 0.4) is 0 Å². The molecule has 5 nitrogen and oxygen atoms in total. The van der Waals surface area contributed by atoms with Crippen LogP contribution in [0, 0.1) is 5.41 Å². The topological polar surface area (TPSA) is 58.6 Å². The van der Waals surface area contributed by atoms with Gasteiger partial charge in [0.2, 0.25) is 11.8 Å². The highest BCUT2D eigenvalue weighted by Crippen LogP contribution is 2.30. The molecule has 3 rings (SSSR count). The lowest BCUT2D eigenvalue weighted by molar-refractivity contribution is -0.139. The summed E-state index contributed by atoms with van der Waals surface area (Å²) in [5, 5.41) is 3.04. The Morgan fingerprint density at radius 2 is 1.97 bits per heavy atom. The number of benzene rings is 2. The van der Waals surface area contributed by atoms with E-state index in [9.17, 15) is 9.59 Å². The van der Waals surface area contributed by atoms with Gasteiger partial charge in [-0.15, -0.1) is 11.8 Å². The molecule has 29 heavy (non-hydrogen) atoms. The second-order valence-electron chi connectivity index (χ2n) is 7.62. The Bertz CT molecular complexity index is 843. The first kappa shape index (κ1) is 21.2. The molecule has 0 radical (unpaired) electrons. The average molecular weight is 413 g/mol. The summed E-state index contributed by atoms with van der Waals surface area (Å²) in [6, 6.07) is 17.6. The third kappa shape index (κ3) is 5.76. The van der Waals surface area contributed by atoms with Gasteiger partial charge in [0.05, 0.1) is 18.3 Å². The molecule has 2 aromatic rings. The van der Waals surface area contributed by atoms with Crippen molar-refractivity contribution in [1.82, 2.24) is 10.2 Å². The molecule has 1 aliphatic heterocycles. The van der Waals surface area contributed by atoms with Gasteiger partial charge in [-0.05, 0) is 49.6 Å².